The van der Waals surface area contributed by atoms with Crippen LogP contribution in [0.2, 0.25) is 0 Å². The minimum atomic E-state index is -0.118. The zero-order valence-electron chi connectivity index (χ0n) is 12.9. The van der Waals surface area contributed by atoms with Gasteiger partial charge in [-0.3, -0.25) is 9.69 Å². The van der Waals surface area contributed by atoms with Crippen LogP contribution in [0.4, 0.5) is 0 Å². The standard InChI is InChI=1S/C16H23NO4/c1-19-14-5-4-12(8-15(14)20-2)10-17-7-6-13(11-17)9-16(18)21-3/h4-5,8,13H,6-7,9-11H2,1-3H3. The minimum Gasteiger partial charge on any atom is -0.493 e. The van der Waals surface area contributed by atoms with E-state index >= 15 is 0 Å². The normalized spacial score (nSPS) is 18.5. The molecule has 1 aromatic rings. The molecule has 1 saturated heterocycles. The highest BCUT2D eigenvalue weighted by Gasteiger charge is 2.25. The van der Waals surface area contributed by atoms with E-state index in [1.54, 1.807) is 14.2 Å². The monoisotopic (exact) mass is 293 g/mol. The Morgan fingerprint density at radius 2 is 2.00 bits per heavy atom. The van der Waals surface area contributed by atoms with E-state index in [9.17, 15) is 4.79 Å². The van der Waals surface area contributed by atoms with Crippen molar-refractivity contribution in [1.82, 2.24) is 4.90 Å². The summed E-state index contributed by atoms with van der Waals surface area (Å²) in [6.07, 6.45) is 1.56. The molecule has 5 nitrogen and oxygen atoms in total. The van der Waals surface area contributed by atoms with Gasteiger partial charge in [0.1, 0.15) is 0 Å². The predicted molar refractivity (Wildman–Crippen MR) is 79.6 cm³/mol. The van der Waals surface area contributed by atoms with Crippen LogP contribution in [0.15, 0.2) is 18.2 Å². The molecular formula is C16H23NO4. The molecule has 21 heavy (non-hydrogen) atoms. The van der Waals surface area contributed by atoms with Gasteiger partial charge in [-0.1, -0.05) is 6.07 Å². The Morgan fingerprint density at radius 3 is 2.67 bits per heavy atom. The maximum Gasteiger partial charge on any atom is 0.305 e. The number of carbonyl (C=O) groups is 1. The summed E-state index contributed by atoms with van der Waals surface area (Å²) in [5, 5.41) is 0. The Bertz CT molecular complexity index is 489. The van der Waals surface area contributed by atoms with Gasteiger partial charge in [0, 0.05) is 19.5 Å². The van der Waals surface area contributed by atoms with Crippen molar-refractivity contribution in [2.45, 2.75) is 19.4 Å². The largest absolute Gasteiger partial charge is 0.493 e. The van der Waals surface area contributed by atoms with Crippen molar-refractivity contribution in [1.29, 1.82) is 0 Å². The SMILES string of the molecule is COC(=O)CC1CCN(Cc2ccc(OC)c(OC)c2)C1. The molecule has 5 heteroatoms. The quantitative estimate of drug-likeness (QED) is 0.752. The van der Waals surface area contributed by atoms with Gasteiger partial charge in [-0.2, -0.15) is 0 Å². The summed E-state index contributed by atoms with van der Waals surface area (Å²) in [6.45, 7) is 2.80. The van der Waals surface area contributed by atoms with Crippen LogP contribution in [0.3, 0.4) is 0 Å². The second-order valence-corrected chi connectivity index (χ2v) is 5.36. The molecule has 116 valence electrons. The zero-order valence-corrected chi connectivity index (χ0v) is 12.9. The maximum atomic E-state index is 11.3. The zero-order chi connectivity index (χ0) is 15.2. The predicted octanol–water partition coefficient (Wildman–Crippen LogP) is 2.09. The Balaban J connectivity index is 1.92. The Morgan fingerprint density at radius 1 is 1.24 bits per heavy atom. The van der Waals surface area contributed by atoms with Crippen LogP contribution in [-0.4, -0.2) is 45.3 Å². The molecule has 1 heterocycles. The third-order valence-corrected chi connectivity index (χ3v) is 3.91. The topological polar surface area (TPSA) is 48.0 Å². The first kappa shape index (κ1) is 15.6. The van der Waals surface area contributed by atoms with Gasteiger partial charge < -0.3 is 14.2 Å². The van der Waals surface area contributed by atoms with Crippen molar-refractivity contribution in [3.05, 3.63) is 23.8 Å². The number of hydrogen-bond acceptors (Lipinski definition) is 5. The van der Waals surface area contributed by atoms with E-state index < -0.39 is 0 Å². The van der Waals surface area contributed by atoms with E-state index in [2.05, 4.69) is 11.0 Å². The first-order chi connectivity index (χ1) is 10.2. The third-order valence-electron chi connectivity index (χ3n) is 3.91. The number of benzene rings is 1. The Labute approximate surface area is 125 Å². The van der Waals surface area contributed by atoms with Gasteiger partial charge in [0.25, 0.3) is 0 Å². The second-order valence-electron chi connectivity index (χ2n) is 5.36. The van der Waals surface area contributed by atoms with Gasteiger partial charge in [-0.05, 0) is 36.6 Å². The Hall–Kier alpha value is -1.75. The van der Waals surface area contributed by atoms with Crippen LogP contribution < -0.4 is 9.47 Å². The molecule has 0 spiro atoms. The first-order valence-electron chi connectivity index (χ1n) is 7.16. The molecule has 0 amide bonds. The molecule has 1 unspecified atom stereocenters. The lowest BCUT2D eigenvalue weighted by Gasteiger charge is -2.17. The molecule has 0 N–H and O–H groups in total. The minimum absolute atomic E-state index is 0.118. The van der Waals surface area contributed by atoms with Crippen molar-refractivity contribution in [3.8, 4) is 11.5 Å². The molecule has 1 aliphatic rings. The Kier molecular flexibility index (Phi) is 5.44. The smallest absolute Gasteiger partial charge is 0.305 e. The fourth-order valence-corrected chi connectivity index (χ4v) is 2.78. The van der Waals surface area contributed by atoms with Crippen molar-refractivity contribution in [2.24, 2.45) is 5.92 Å². The van der Waals surface area contributed by atoms with Crippen molar-refractivity contribution < 1.29 is 19.0 Å². The van der Waals surface area contributed by atoms with E-state index in [0.29, 0.717) is 12.3 Å². The summed E-state index contributed by atoms with van der Waals surface area (Å²) >= 11 is 0. The van der Waals surface area contributed by atoms with Crippen molar-refractivity contribution in [3.63, 3.8) is 0 Å². The van der Waals surface area contributed by atoms with Crippen LogP contribution >= 0.6 is 0 Å². The average Bonchev–Trinajstić information content (AvgIpc) is 2.93. The highest BCUT2D eigenvalue weighted by atomic mass is 16.5. The second kappa shape index (κ2) is 7.31. The molecule has 1 atom stereocenters. The summed E-state index contributed by atoms with van der Waals surface area (Å²) in [4.78, 5) is 13.7. The van der Waals surface area contributed by atoms with Gasteiger partial charge in [-0.15, -0.1) is 0 Å². The number of hydrogen-bond donors (Lipinski definition) is 0. The maximum absolute atomic E-state index is 11.3. The van der Waals surface area contributed by atoms with Crippen LogP contribution in [0.25, 0.3) is 0 Å². The van der Waals surface area contributed by atoms with Gasteiger partial charge in [0.05, 0.1) is 21.3 Å². The fourth-order valence-electron chi connectivity index (χ4n) is 2.78. The summed E-state index contributed by atoms with van der Waals surface area (Å²) in [7, 11) is 4.72. The number of ether oxygens (including phenoxy) is 3. The summed E-state index contributed by atoms with van der Waals surface area (Å²) in [5.41, 5.74) is 1.19. The summed E-state index contributed by atoms with van der Waals surface area (Å²) < 4.78 is 15.3. The van der Waals surface area contributed by atoms with E-state index in [1.807, 2.05) is 12.1 Å². The highest BCUT2D eigenvalue weighted by molar-refractivity contribution is 5.69. The van der Waals surface area contributed by atoms with Crippen molar-refractivity contribution >= 4 is 5.97 Å². The summed E-state index contributed by atoms with van der Waals surface area (Å²) in [5.74, 6) is 1.78. The molecule has 0 saturated carbocycles. The van der Waals surface area contributed by atoms with Gasteiger partial charge in [0.2, 0.25) is 0 Å². The molecule has 0 radical (unpaired) electrons. The first-order valence-corrected chi connectivity index (χ1v) is 7.16. The van der Waals surface area contributed by atoms with Crippen LogP contribution in [0.1, 0.15) is 18.4 Å². The third kappa shape index (κ3) is 4.11. The van der Waals surface area contributed by atoms with Crippen LogP contribution in [-0.2, 0) is 16.1 Å². The van der Waals surface area contributed by atoms with E-state index in [0.717, 1.165) is 37.6 Å². The van der Waals surface area contributed by atoms with Crippen LogP contribution in [0.5, 0.6) is 11.5 Å². The lowest BCUT2D eigenvalue weighted by atomic mass is 10.1. The fraction of sp³-hybridized carbons (Fsp3) is 0.562. The molecule has 0 aromatic heterocycles. The molecule has 1 fully saturated rings. The van der Waals surface area contributed by atoms with Gasteiger partial charge >= 0.3 is 5.97 Å². The van der Waals surface area contributed by atoms with E-state index in [4.69, 9.17) is 14.2 Å². The van der Waals surface area contributed by atoms with Gasteiger partial charge in [0.15, 0.2) is 11.5 Å². The number of likely N-dealkylation sites (tertiary alicyclic amines) is 1. The number of esters is 1. The van der Waals surface area contributed by atoms with E-state index in [-0.39, 0.29) is 5.97 Å². The highest BCUT2D eigenvalue weighted by Crippen LogP contribution is 2.29. The van der Waals surface area contributed by atoms with Gasteiger partial charge in [-0.25, -0.2) is 0 Å². The number of methoxy groups -OCH3 is 3. The molecule has 0 aliphatic carbocycles. The van der Waals surface area contributed by atoms with Crippen molar-refractivity contribution in [2.75, 3.05) is 34.4 Å². The lowest BCUT2D eigenvalue weighted by molar-refractivity contribution is -0.141. The summed E-state index contributed by atoms with van der Waals surface area (Å²) in [6, 6.07) is 5.98. The average molecular weight is 293 g/mol. The number of nitrogens with zero attached hydrogens (tertiary/aromatic N) is 1. The van der Waals surface area contributed by atoms with Crippen LogP contribution in [0, 0.1) is 5.92 Å². The molecule has 1 aliphatic heterocycles. The molecular weight excluding hydrogens is 270 g/mol. The molecule has 2 rings (SSSR count). The molecule has 1 aromatic carbocycles. The lowest BCUT2D eigenvalue weighted by Crippen LogP contribution is -2.21. The van der Waals surface area contributed by atoms with E-state index in [1.165, 1.54) is 12.7 Å². The molecule has 0 bridgehead atoms. The number of carbonyl (C=O) groups excluding carboxylic acids is 1. The number of rotatable bonds is 6.